The standard InChI is InChI=1S/C18H20O4S/c1-3-21-15-8-9-16(22-4-2)17(11-15)23-12-13-6-5-7-14(10-13)18(19)20/h5-11H,3-4,12H2,1-2H3,(H,19,20). The molecule has 0 aromatic heterocycles. The normalized spacial score (nSPS) is 10.3. The first-order valence-electron chi connectivity index (χ1n) is 7.48. The Hall–Kier alpha value is -2.14. The van der Waals surface area contributed by atoms with Gasteiger partial charge in [0.25, 0.3) is 0 Å². The summed E-state index contributed by atoms with van der Waals surface area (Å²) in [7, 11) is 0. The molecule has 5 heteroatoms. The van der Waals surface area contributed by atoms with E-state index in [0.717, 1.165) is 22.0 Å². The molecule has 0 aliphatic carbocycles. The number of carbonyl (C=O) groups is 1. The van der Waals surface area contributed by atoms with Crippen LogP contribution in [0.4, 0.5) is 0 Å². The Bertz CT molecular complexity index is 670. The van der Waals surface area contributed by atoms with Gasteiger partial charge in [-0.1, -0.05) is 12.1 Å². The maximum absolute atomic E-state index is 11.0. The van der Waals surface area contributed by atoms with Crippen LogP contribution in [-0.2, 0) is 5.75 Å². The number of hydrogen-bond donors (Lipinski definition) is 1. The van der Waals surface area contributed by atoms with E-state index in [1.807, 2.05) is 38.1 Å². The fourth-order valence-electron chi connectivity index (χ4n) is 2.09. The van der Waals surface area contributed by atoms with Crippen LogP contribution in [0, 0.1) is 0 Å². The molecule has 2 aromatic rings. The Labute approximate surface area is 140 Å². The molecule has 0 aliphatic heterocycles. The zero-order valence-corrected chi connectivity index (χ0v) is 14.1. The molecule has 0 radical (unpaired) electrons. The Kier molecular flexibility index (Phi) is 6.35. The van der Waals surface area contributed by atoms with E-state index >= 15 is 0 Å². The Morgan fingerprint density at radius 1 is 1.09 bits per heavy atom. The minimum Gasteiger partial charge on any atom is -0.494 e. The second-order valence-electron chi connectivity index (χ2n) is 4.77. The largest absolute Gasteiger partial charge is 0.494 e. The molecular formula is C18H20O4S. The van der Waals surface area contributed by atoms with Crippen LogP contribution in [0.5, 0.6) is 11.5 Å². The Morgan fingerprint density at radius 3 is 2.57 bits per heavy atom. The van der Waals surface area contributed by atoms with Crippen LogP contribution < -0.4 is 9.47 Å². The highest BCUT2D eigenvalue weighted by Crippen LogP contribution is 2.35. The number of thioether (sulfide) groups is 1. The van der Waals surface area contributed by atoms with E-state index in [4.69, 9.17) is 14.6 Å². The van der Waals surface area contributed by atoms with Gasteiger partial charge in [0.15, 0.2) is 0 Å². The number of carboxylic acid groups (broad SMARTS) is 1. The topological polar surface area (TPSA) is 55.8 Å². The lowest BCUT2D eigenvalue weighted by Gasteiger charge is -2.12. The van der Waals surface area contributed by atoms with Crippen LogP contribution in [0.2, 0.25) is 0 Å². The molecule has 0 aliphatic rings. The maximum atomic E-state index is 11.0. The van der Waals surface area contributed by atoms with Crippen LogP contribution in [0.25, 0.3) is 0 Å². The predicted molar refractivity (Wildman–Crippen MR) is 91.7 cm³/mol. The van der Waals surface area contributed by atoms with Crippen molar-refractivity contribution in [3.8, 4) is 11.5 Å². The quantitative estimate of drug-likeness (QED) is 0.723. The molecule has 0 fully saturated rings. The summed E-state index contributed by atoms with van der Waals surface area (Å²) >= 11 is 1.60. The first-order valence-corrected chi connectivity index (χ1v) is 8.47. The molecule has 1 N–H and O–H groups in total. The second-order valence-corrected chi connectivity index (χ2v) is 5.79. The van der Waals surface area contributed by atoms with Crippen molar-refractivity contribution < 1.29 is 19.4 Å². The molecule has 0 atom stereocenters. The molecule has 4 nitrogen and oxygen atoms in total. The van der Waals surface area contributed by atoms with Gasteiger partial charge in [0.2, 0.25) is 0 Å². The maximum Gasteiger partial charge on any atom is 0.335 e. The van der Waals surface area contributed by atoms with Gasteiger partial charge in [-0.3, -0.25) is 0 Å². The fraction of sp³-hybridized carbons (Fsp3) is 0.278. The van der Waals surface area contributed by atoms with E-state index in [-0.39, 0.29) is 0 Å². The molecule has 2 aromatic carbocycles. The lowest BCUT2D eigenvalue weighted by molar-refractivity contribution is 0.0696. The Morgan fingerprint density at radius 2 is 1.87 bits per heavy atom. The van der Waals surface area contributed by atoms with Gasteiger partial charge in [-0.05, 0) is 49.7 Å². The van der Waals surface area contributed by atoms with Crippen molar-refractivity contribution in [3.63, 3.8) is 0 Å². The van der Waals surface area contributed by atoms with E-state index in [2.05, 4.69) is 0 Å². The zero-order valence-electron chi connectivity index (χ0n) is 13.2. The van der Waals surface area contributed by atoms with Gasteiger partial charge in [0.1, 0.15) is 11.5 Å². The van der Waals surface area contributed by atoms with Crippen LogP contribution in [0.3, 0.4) is 0 Å². The smallest absolute Gasteiger partial charge is 0.335 e. The van der Waals surface area contributed by atoms with E-state index < -0.39 is 5.97 Å². The summed E-state index contributed by atoms with van der Waals surface area (Å²) in [5.41, 5.74) is 1.26. The summed E-state index contributed by atoms with van der Waals surface area (Å²) in [5.74, 6) is 1.37. The molecule has 0 saturated heterocycles. The third kappa shape index (κ3) is 4.93. The summed E-state index contributed by atoms with van der Waals surface area (Å²) in [5, 5.41) is 9.06. The van der Waals surface area contributed by atoms with Gasteiger partial charge < -0.3 is 14.6 Å². The zero-order chi connectivity index (χ0) is 16.7. The number of benzene rings is 2. The first kappa shape index (κ1) is 17.2. The van der Waals surface area contributed by atoms with Gasteiger partial charge in [0, 0.05) is 5.75 Å². The highest BCUT2D eigenvalue weighted by Gasteiger charge is 2.08. The monoisotopic (exact) mass is 332 g/mol. The summed E-state index contributed by atoms with van der Waals surface area (Å²) in [6, 6.07) is 12.7. The van der Waals surface area contributed by atoms with Crippen LogP contribution >= 0.6 is 11.8 Å². The number of carboxylic acids is 1. The second kappa shape index (κ2) is 8.48. The molecule has 0 bridgehead atoms. The summed E-state index contributed by atoms with van der Waals surface area (Å²) in [6.45, 7) is 5.09. The molecule has 0 unspecified atom stereocenters. The lowest BCUT2D eigenvalue weighted by atomic mass is 10.1. The number of aromatic carboxylic acids is 1. The van der Waals surface area contributed by atoms with Gasteiger partial charge in [-0.2, -0.15) is 0 Å². The van der Waals surface area contributed by atoms with E-state index in [9.17, 15) is 4.79 Å². The third-order valence-corrected chi connectivity index (χ3v) is 4.20. The lowest BCUT2D eigenvalue weighted by Crippen LogP contribution is -1.97. The molecule has 122 valence electrons. The molecule has 0 amide bonds. The molecule has 23 heavy (non-hydrogen) atoms. The summed E-state index contributed by atoms with van der Waals surface area (Å²) < 4.78 is 11.2. The minimum atomic E-state index is -0.912. The number of hydrogen-bond acceptors (Lipinski definition) is 4. The van der Waals surface area contributed by atoms with Crippen molar-refractivity contribution in [2.45, 2.75) is 24.5 Å². The van der Waals surface area contributed by atoms with E-state index in [0.29, 0.717) is 24.5 Å². The van der Waals surface area contributed by atoms with E-state index in [1.54, 1.807) is 30.0 Å². The molecule has 2 rings (SSSR count). The van der Waals surface area contributed by atoms with Gasteiger partial charge >= 0.3 is 5.97 Å². The Balaban J connectivity index is 2.16. The van der Waals surface area contributed by atoms with Crippen molar-refractivity contribution in [1.29, 1.82) is 0 Å². The first-order chi connectivity index (χ1) is 11.1. The average molecular weight is 332 g/mol. The number of rotatable bonds is 8. The number of ether oxygens (including phenoxy) is 2. The SMILES string of the molecule is CCOc1ccc(OCC)c(SCc2cccc(C(=O)O)c2)c1. The third-order valence-electron chi connectivity index (χ3n) is 3.09. The van der Waals surface area contributed by atoms with Crippen molar-refractivity contribution in [2.24, 2.45) is 0 Å². The predicted octanol–water partition coefficient (Wildman–Crippen LogP) is 4.47. The van der Waals surface area contributed by atoms with Crippen LogP contribution in [0.15, 0.2) is 47.4 Å². The van der Waals surface area contributed by atoms with Crippen molar-refractivity contribution in [2.75, 3.05) is 13.2 Å². The van der Waals surface area contributed by atoms with Crippen LogP contribution in [-0.4, -0.2) is 24.3 Å². The van der Waals surface area contributed by atoms with Gasteiger partial charge in [0.05, 0.1) is 23.7 Å². The van der Waals surface area contributed by atoms with Crippen molar-refractivity contribution in [3.05, 3.63) is 53.6 Å². The van der Waals surface area contributed by atoms with Crippen LogP contribution in [0.1, 0.15) is 29.8 Å². The molecule has 0 spiro atoms. The van der Waals surface area contributed by atoms with Crippen molar-refractivity contribution in [1.82, 2.24) is 0 Å². The highest BCUT2D eigenvalue weighted by molar-refractivity contribution is 7.98. The molecule has 0 saturated carbocycles. The van der Waals surface area contributed by atoms with Gasteiger partial charge in [-0.15, -0.1) is 11.8 Å². The summed E-state index contributed by atoms with van der Waals surface area (Å²) in [6.07, 6.45) is 0. The fourth-order valence-corrected chi connectivity index (χ4v) is 3.06. The minimum absolute atomic E-state index is 0.302. The molecule has 0 heterocycles. The van der Waals surface area contributed by atoms with Crippen molar-refractivity contribution >= 4 is 17.7 Å². The van der Waals surface area contributed by atoms with E-state index in [1.165, 1.54) is 0 Å². The molecular weight excluding hydrogens is 312 g/mol. The highest BCUT2D eigenvalue weighted by atomic mass is 32.2. The van der Waals surface area contributed by atoms with Gasteiger partial charge in [-0.25, -0.2) is 4.79 Å². The summed E-state index contributed by atoms with van der Waals surface area (Å²) in [4.78, 5) is 12.0. The average Bonchev–Trinajstić information content (AvgIpc) is 2.55.